The van der Waals surface area contributed by atoms with Crippen molar-refractivity contribution in [3.05, 3.63) is 35.4 Å². The van der Waals surface area contributed by atoms with E-state index in [1.54, 1.807) is 4.90 Å². The summed E-state index contributed by atoms with van der Waals surface area (Å²) in [7, 11) is 0. The quantitative estimate of drug-likeness (QED) is 0.839. The van der Waals surface area contributed by atoms with Gasteiger partial charge in [0, 0.05) is 13.1 Å². The highest BCUT2D eigenvalue weighted by Crippen LogP contribution is 2.14. The van der Waals surface area contributed by atoms with Gasteiger partial charge in [-0.1, -0.05) is 31.2 Å². The van der Waals surface area contributed by atoms with E-state index in [1.165, 1.54) is 5.56 Å². The standard InChI is InChI=1S/C16H20N2O2/c1-2-13-3-5-14(6-4-13)11-15(12-17)16(19)18-7-9-20-10-8-18/h3-6,15H,2,7-11H2,1H3. The minimum Gasteiger partial charge on any atom is -0.378 e. The first kappa shape index (κ1) is 14.5. The highest BCUT2D eigenvalue weighted by Gasteiger charge is 2.25. The number of aryl methyl sites for hydroxylation is 1. The van der Waals surface area contributed by atoms with Gasteiger partial charge in [0.25, 0.3) is 0 Å². The van der Waals surface area contributed by atoms with Crippen molar-refractivity contribution >= 4 is 5.91 Å². The monoisotopic (exact) mass is 272 g/mol. The summed E-state index contributed by atoms with van der Waals surface area (Å²) in [5.74, 6) is -0.670. The second kappa shape index (κ2) is 7.06. The number of rotatable bonds is 4. The lowest BCUT2D eigenvalue weighted by atomic mass is 9.98. The fraction of sp³-hybridized carbons (Fsp3) is 0.500. The molecule has 1 heterocycles. The van der Waals surface area contributed by atoms with Crippen LogP contribution in [0.25, 0.3) is 0 Å². The summed E-state index contributed by atoms with van der Waals surface area (Å²) < 4.78 is 5.23. The van der Waals surface area contributed by atoms with Gasteiger partial charge in [-0.3, -0.25) is 4.79 Å². The molecule has 1 aromatic rings. The minimum absolute atomic E-state index is 0.0737. The second-order valence-corrected chi connectivity index (χ2v) is 4.99. The maximum absolute atomic E-state index is 12.3. The third-order valence-electron chi connectivity index (χ3n) is 3.65. The maximum Gasteiger partial charge on any atom is 0.240 e. The Balaban J connectivity index is 2.00. The molecule has 0 radical (unpaired) electrons. The van der Waals surface area contributed by atoms with E-state index >= 15 is 0 Å². The molecule has 0 aliphatic carbocycles. The smallest absolute Gasteiger partial charge is 0.240 e. The van der Waals surface area contributed by atoms with Gasteiger partial charge in [-0.05, 0) is 24.0 Å². The summed E-state index contributed by atoms with van der Waals surface area (Å²) >= 11 is 0. The van der Waals surface area contributed by atoms with Crippen molar-refractivity contribution in [2.75, 3.05) is 26.3 Å². The molecule has 106 valence electrons. The summed E-state index contributed by atoms with van der Waals surface area (Å²) in [5.41, 5.74) is 2.30. The zero-order chi connectivity index (χ0) is 14.4. The van der Waals surface area contributed by atoms with Crippen LogP contribution < -0.4 is 0 Å². The second-order valence-electron chi connectivity index (χ2n) is 4.99. The van der Waals surface area contributed by atoms with Gasteiger partial charge >= 0.3 is 0 Å². The average Bonchev–Trinajstić information content (AvgIpc) is 2.53. The SMILES string of the molecule is CCc1ccc(CC(C#N)C(=O)N2CCOCC2)cc1. The number of nitriles is 1. The molecule has 0 N–H and O–H groups in total. The first-order chi connectivity index (χ1) is 9.74. The number of benzene rings is 1. The van der Waals surface area contributed by atoms with Crippen molar-refractivity contribution in [3.8, 4) is 6.07 Å². The number of hydrogen-bond donors (Lipinski definition) is 0. The Bertz CT molecular complexity index is 484. The highest BCUT2D eigenvalue weighted by atomic mass is 16.5. The summed E-state index contributed by atoms with van der Waals surface area (Å²) in [5, 5.41) is 9.26. The van der Waals surface area contributed by atoms with Crippen LogP contribution in [-0.4, -0.2) is 37.1 Å². The molecule has 1 amide bonds. The number of morpholine rings is 1. The zero-order valence-electron chi connectivity index (χ0n) is 11.8. The molecule has 1 aromatic carbocycles. The number of hydrogen-bond acceptors (Lipinski definition) is 3. The topological polar surface area (TPSA) is 53.3 Å². The van der Waals surface area contributed by atoms with Crippen LogP contribution >= 0.6 is 0 Å². The van der Waals surface area contributed by atoms with Gasteiger partial charge in [0.15, 0.2) is 0 Å². The van der Waals surface area contributed by atoms with E-state index in [0.29, 0.717) is 32.7 Å². The summed E-state index contributed by atoms with van der Waals surface area (Å²) in [6.45, 7) is 4.41. The molecule has 0 spiro atoms. The number of ether oxygens (including phenoxy) is 1. The van der Waals surface area contributed by atoms with Crippen LogP contribution in [0.5, 0.6) is 0 Å². The Kier molecular flexibility index (Phi) is 5.14. The molecule has 1 saturated heterocycles. The zero-order valence-corrected chi connectivity index (χ0v) is 11.8. The number of nitrogens with zero attached hydrogens (tertiary/aromatic N) is 2. The highest BCUT2D eigenvalue weighted by molar-refractivity contribution is 5.81. The molecule has 1 fully saturated rings. The molecule has 2 rings (SSSR count). The lowest BCUT2D eigenvalue weighted by Crippen LogP contribution is -2.43. The molecule has 1 aliphatic heterocycles. The van der Waals surface area contributed by atoms with Gasteiger partial charge in [-0.2, -0.15) is 5.26 Å². The lowest BCUT2D eigenvalue weighted by Gasteiger charge is -2.28. The molecule has 0 saturated carbocycles. The van der Waals surface area contributed by atoms with Gasteiger partial charge in [-0.15, -0.1) is 0 Å². The number of amides is 1. The van der Waals surface area contributed by atoms with Crippen LogP contribution in [0.1, 0.15) is 18.1 Å². The van der Waals surface area contributed by atoms with Crippen molar-refractivity contribution in [2.24, 2.45) is 5.92 Å². The van der Waals surface area contributed by atoms with Gasteiger partial charge in [0.2, 0.25) is 5.91 Å². The van der Waals surface area contributed by atoms with Gasteiger partial charge in [-0.25, -0.2) is 0 Å². The fourth-order valence-electron chi connectivity index (χ4n) is 2.34. The van der Waals surface area contributed by atoms with Crippen LogP contribution in [0.2, 0.25) is 0 Å². The molecule has 1 atom stereocenters. The normalized spacial score (nSPS) is 16.5. The Morgan fingerprint density at radius 2 is 1.90 bits per heavy atom. The molecule has 4 heteroatoms. The van der Waals surface area contributed by atoms with E-state index in [4.69, 9.17) is 4.74 Å². The largest absolute Gasteiger partial charge is 0.378 e. The first-order valence-electron chi connectivity index (χ1n) is 7.08. The summed E-state index contributed by atoms with van der Waals surface area (Å²) in [6, 6.07) is 10.3. The van der Waals surface area contributed by atoms with Crippen molar-refractivity contribution in [1.82, 2.24) is 4.90 Å². The minimum atomic E-state index is -0.597. The third-order valence-corrected chi connectivity index (χ3v) is 3.65. The maximum atomic E-state index is 12.3. The van der Waals surface area contributed by atoms with Crippen LogP contribution in [0.15, 0.2) is 24.3 Å². The molecular weight excluding hydrogens is 252 g/mol. The predicted octanol–water partition coefficient (Wildman–Crippen LogP) is 1.79. The van der Waals surface area contributed by atoms with Crippen LogP contribution in [-0.2, 0) is 22.4 Å². The molecule has 4 nitrogen and oxygen atoms in total. The predicted molar refractivity (Wildman–Crippen MR) is 76.0 cm³/mol. The Hall–Kier alpha value is -1.86. The van der Waals surface area contributed by atoms with Gasteiger partial charge < -0.3 is 9.64 Å². The van der Waals surface area contributed by atoms with E-state index in [-0.39, 0.29) is 5.91 Å². The number of carbonyl (C=O) groups excluding carboxylic acids is 1. The molecular formula is C16H20N2O2. The molecule has 1 unspecified atom stereocenters. The van der Waals surface area contributed by atoms with Crippen LogP contribution in [0.3, 0.4) is 0 Å². The molecule has 0 bridgehead atoms. The van der Waals surface area contributed by atoms with E-state index in [1.807, 2.05) is 12.1 Å². The van der Waals surface area contributed by atoms with Crippen molar-refractivity contribution < 1.29 is 9.53 Å². The summed E-state index contributed by atoms with van der Waals surface area (Å²) in [6.07, 6.45) is 1.48. The number of carbonyl (C=O) groups is 1. The van der Waals surface area contributed by atoms with E-state index in [2.05, 4.69) is 25.1 Å². The lowest BCUT2D eigenvalue weighted by molar-refractivity contribution is -0.137. The van der Waals surface area contributed by atoms with Crippen LogP contribution in [0.4, 0.5) is 0 Å². The summed E-state index contributed by atoms with van der Waals surface area (Å²) in [4.78, 5) is 14.0. The van der Waals surface area contributed by atoms with Gasteiger partial charge in [0.05, 0.1) is 19.3 Å². The van der Waals surface area contributed by atoms with E-state index < -0.39 is 5.92 Å². The van der Waals surface area contributed by atoms with Crippen molar-refractivity contribution in [1.29, 1.82) is 5.26 Å². The van der Waals surface area contributed by atoms with Crippen molar-refractivity contribution in [2.45, 2.75) is 19.8 Å². The van der Waals surface area contributed by atoms with E-state index in [0.717, 1.165) is 12.0 Å². The third kappa shape index (κ3) is 3.58. The van der Waals surface area contributed by atoms with E-state index in [9.17, 15) is 10.1 Å². The Morgan fingerprint density at radius 1 is 1.30 bits per heavy atom. The van der Waals surface area contributed by atoms with Crippen LogP contribution in [0, 0.1) is 17.2 Å². The fourth-order valence-corrected chi connectivity index (χ4v) is 2.34. The molecule has 0 aromatic heterocycles. The van der Waals surface area contributed by atoms with Crippen molar-refractivity contribution in [3.63, 3.8) is 0 Å². The Labute approximate surface area is 120 Å². The van der Waals surface area contributed by atoms with Gasteiger partial charge in [0.1, 0.15) is 5.92 Å². The molecule has 1 aliphatic rings. The molecule has 20 heavy (non-hydrogen) atoms. The average molecular weight is 272 g/mol. The first-order valence-corrected chi connectivity index (χ1v) is 7.08. The Morgan fingerprint density at radius 3 is 2.45 bits per heavy atom.